The van der Waals surface area contributed by atoms with Gasteiger partial charge in [0.15, 0.2) is 0 Å². The molecule has 0 saturated heterocycles. The lowest BCUT2D eigenvalue weighted by molar-refractivity contribution is 0.291. The van der Waals surface area contributed by atoms with Crippen LogP contribution in [-0.4, -0.2) is 14.8 Å². The van der Waals surface area contributed by atoms with Gasteiger partial charge in [-0.2, -0.15) is 5.10 Å². The summed E-state index contributed by atoms with van der Waals surface area (Å²) >= 11 is 0. The first-order valence-electron chi connectivity index (χ1n) is 6.04. The van der Waals surface area contributed by atoms with Crippen molar-refractivity contribution in [2.75, 3.05) is 0 Å². The normalized spacial score (nSPS) is 10.6. The molecule has 0 fully saturated rings. The van der Waals surface area contributed by atoms with Gasteiger partial charge in [0, 0.05) is 13.1 Å². The summed E-state index contributed by atoms with van der Waals surface area (Å²) < 4.78 is 7.62. The summed E-state index contributed by atoms with van der Waals surface area (Å²) in [5.74, 6) is 0.744. The van der Waals surface area contributed by atoms with Crippen molar-refractivity contribution >= 4 is 0 Å². The van der Waals surface area contributed by atoms with Crippen LogP contribution in [0.5, 0.6) is 5.75 Å². The fourth-order valence-corrected chi connectivity index (χ4v) is 1.76. The lowest BCUT2D eigenvalue weighted by atomic mass is 10.3. The first-order valence-corrected chi connectivity index (χ1v) is 6.04. The minimum atomic E-state index is 0.447. The summed E-state index contributed by atoms with van der Waals surface area (Å²) in [6, 6.07) is 5.79. The van der Waals surface area contributed by atoms with E-state index in [2.05, 4.69) is 17.0 Å². The van der Waals surface area contributed by atoms with Crippen LogP contribution in [0.15, 0.2) is 24.4 Å². The van der Waals surface area contributed by atoms with E-state index in [0.717, 1.165) is 29.4 Å². The average Bonchev–Trinajstić information content (AvgIpc) is 2.77. The molecule has 5 heteroatoms. The highest BCUT2D eigenvalue weighted by Gasteiger charge is 2.05. The van der Waals surface area contributed by atoms with E-state index in [1.165, 1.54) is 0 Å². The Balaban J connectivity index is 2.01. The molecule has 96 valence electrons. The Kier molecular flexibility index (Phi) is 3.94. The van der Waals surface area contributed by atoms with Crippen LogP contribution >= 0.6 is 0 Å². The van der Waals surface area contributed by atoms with E-state index in [0.29, 0.717) is 13.2 Å². The maximum atomic E-state index is 5.68. The van der Waals surface area contributed by atoms with Crippen molar-refractivity contribution in [2.45, 2.75) is 33.5 Å². The number of hydrogen-bond acceptors (Lipinski definition) is 4. The van der Waals surface area contributed by atoms with Gasteiger partial charge in [0.25, 0.3) is 0 Å². The van der Waals surface area contributed by atoms with Crippen LogP contribution in [0.25, 0.3) is 0 Å². The second kappa shape index (κ2) is 5.64. The Morgan fingerprint density at radius 1 is 1.39 bits per heavy atom. The van der Waals surface area contributed by atoms with Crippen LogP contribution in [0, 0.1) is 6.92 Å². The van der Waals surface area contributed by atoms with Crippen LogP contribution in [-0.2, 0) is 19.7 Å². The van der Waals surface area contributed by atoms with E-state index >= 15 is 0 Å². The molecule has 0 aromatic carbocycles. The molecule has 5 nitrogen and oxygen atoms in total. The fraction of sp³-hybridized carbons (Fsp3) is 0.385. The van der Waals surface area contributed by atoms with Crippen molar-refractivity contribution in [3.8, 4) is 5.75 Å². The highest BCUT2D eigenvalue weighted by molar-refractivity contribution is 5.20. The zero-order chi connectivity index (χ0) is 13.0. The first kappa shape index (κ1) is 12.6. The number of rotatable bonds is 5. The Morgan fingerprint density at radius 3 is 2.83 bits per heavy atom. The fourth-order valence-electron chi connectivity index (χ4n) is 1.76. The van der Waals surface area contributed by atoms with Gasteiger partial charge in [-0.1, -0.05) is 0 Å². The van der Waals surface area contributed by atoms with Gasteiger partial charge in [-0.15, -0.1) is 0 Å². The van der Waals surface area contributed by atoms with Gasteiger partial charge in [-0.25, -0.2) is 0 Å². The largest absolute Gasteiger partial charge is 0.486 e. The SMILES string of the molecule is CCn1nc(C)cc1COc1ccc(CN)nc1. The Hall–Kier alpha value is -1.88. The van der Waals surface area contributed by atoms with Crippen molar-refractivity contribution in [1.82, 2.24) is 14.8 Å². The minimum Gasteiger partial charge on any atom is -0.486 e. The molecule has 0 atom stereocenters. The molecule has 2 rings (SSSR count). The molecule has 0 aliphatic carbocycles. The monoisotopic (exact) mass is 246 g/mol. The smallest absolute Gasteiger partial charge is 0.138 e. The van der Waals surface area contributed by atoms with E-state index in [1.807, 2.05) is 29.8 Å². The molecule has 0 amide bonds. The van der Waals surface area contributed by atoms with E-state index in [1.54, 1.807) is 6.20 Å². The highest BCUT2D eigenvalue weighted by atomic mass is 16.5. The highest BCUT2D eigenvalue weighted by Crippen LogP contribution is 2.12. The standard InChI is InChI=1S/C13H18N4O/c1-3-17-12(6-10(2)16-17)9-18-13-5-4-11(7-14)15-8-13/h4-6,8H,3,7,9,14H2,1-2H3. The first-order chi connectivity index (χ1) is 8.72. The second-order valence-corrected chi connectivity index (χ2v) is 4.07. The molecule has 2 N–H and O–H groups in total. The molecule has 0 aliphatic heterocycles. The number of aryl methyl sites for hydroxylation is 2. The molecule has 0 unspecified atom stereocenters. The Morgan fingerprint density at radius 2 is 2.22 bits per heavy atom. The maximum Gasteiger partial charge on any atom is 0.138 e. The van der Waals surface area contributed by atoms with E-state index in [-0.39, 0.29) is 0 Å². The molecule has 0 radical (unpaired) electrons. The lowest BCUT2D eigenvalue weighted by Gasteiger charge is -2.07. The van der Waals surface area contributed by atoms with Crippen molar-refractivity contribution in [1.29, 1.82) is 0 Å². The number of nitrogens with two attached hydrogens (primary N) is 1. The predicted molar refractivity (Wildman–Crippen MR) is 69.1 cm³/mol. The number of nitrogens with zero attached hydrogens (tertiary/aromatic N) is 3. The number of hydrogen-bond donors (Lipinski definition) is 1. The summed E-state index contributed by atoms with van der Waals surface area (Å²) in [4.78, 5) is 4.18. The van der Waals surface area contributed by atoms with Crippen LogP contribution in [0.3, 0.4) is 0 Å². The molecule has 2 aromatic rings. The molecule has 0 spiro atoms. The number of pyridine rings is 1. The molecule has 2 aromatic heterocycles. The van der Waals surface area contributed by atoms with Crippen LogP contribution in [0.1, 0.15) is 24.0 Å². The van der Waals surface area contributed by atoms with Crippen LogP contribution in [0.4, 0.5) is 0 Å². The van der Waals surface area contributed by atoms with Gasteiger partial charge in [0.1, 0.15) is 12.4 Å². The van der Waals surface area contributed by atoms with Crippen LogP contribution in [0.2, 0.25) is 0 Å². The zero-order valence-corrected chi connectivity index (χ0v) is 10.8. The van der Waals surface area contributed by atoms with E-state index in [4.69, 9.17) is 10.5 Å². The van der Waals surface area contributed by atoms with Gasteiger partial charge in [-0.05, 0) is 32.0 Å². The average molecular weight is 246 g/mol. The molecular weight excluding hydrogens is 228 g/mol. The Labute approximate surface area is 107 Å². The summed E-state index contributed by atoms with van der Waals surface area (Å²) in [7, 11) is 0. The third kappa shape index (κ3) is 2.87. The summed E-state index contributed by atoms with van der Waals surface area (Å²) in [5, 5.41) is 4.37. The van der Waals surface area contributed by atoms with Gasteiger partial charge in [0.2, 0.25) is 0 Å². The Bertz CT molecular complexity index is 504. The van der Waals surface area contributed by atoms with Gasteiger partial charge in [0.05, 0.1) is 23.3 Å². The summed E-state index contributed by atoms with van der Waals surface area (Å²) in [6.07, 6.45) is 1.70. The van der Waals surface area contributed by atoms with E-state index < -0.39 is 0 Å². The van der Waals surface area contributed by atoms with Crippen molar-refractivity contribution in [2.24, 2.45) is 5.73 Å². The molecule has 18 heavy (non-hydrogen) atoms. The summed E-state index contributed by atoms with van der Waals surface area (Å²) in [6.45, 7) is 5.83. The summed E-state index contributed by atoms with van der Waals surface area (Å²) in [5.41, 5.74) is 8.42. The van der Waals surface area contributed by atoms with Crippen LogP contribution < -0.4 is 10.5 Å². The molecule has 0 bridgehead atoms. The third-order valence-electron chi connectivity index (χ3n) is 2.68. The van der Waals surface area contributed by atoms with Gasteiger partial charge in [-0.3, -0.25) is 9.67 Å². The van der Waals surface area contributed by atoms with E-state index in [9.17, 15) is 0 Å². The molecule has 0 saturated carbocycles. The van der Waals surface area contributed by atoms with Crippen molar-refractivity contribution < 1.29 is 4.74 Å². The van der Waals surface area contributed by atoms with Crippen molar-refractivity contribution in [3.63, 3.8) is 0 Å². The predicted octanol–water partition coefficient (Wildman–Crippen LogP) is 1.64. The topological polar surface area (TPSA) is 66.0 Å². The third-order valence-corrected chi connectivity index (χ3v) is 2.68. The van der Waals surface area contributed by atoms with Crippen molar-refractivity contribution in [3.05, 3.63) is 41.5 Å². The quantitative estimate of drug-likeness (QED) is 0.871. The molecular formula is C13H18N4O. The lowest BCUT2D eigenvalue weighted by Crippen LogP contribution is -2.06. The zero-order valence-electron chi connectivity index (χ0n) is 10.8. The van der Waals surface area contributed by atoms with Gasteiger partial charge >= 0.3 is 0 Å². The minimum absolute atomic E-state index is 0.447. The molecule has 2 heterocycles. The second-order valence-electron chi connectivity index (χ2n) is 4.07. The number of ether oxygens (including phenoxy) is 1. The number of aromatic nitrogens is 3. The maximum absolute atomic E-state index is 5.68. The molecule has 0 aliphatic rings. The van der Waals surface area contributed by atoms with Gasteiger partial charge < -0.3 is 10.5 Å².